The van der Waals surface area contributed by atoms with Crippen LogP contribution in [0.5, 0.6) is 0 Å². The molecule has 1 aromatic rings. The highest BCUT2D eigenvalue weighted by Gasteiger charge is 2.42. The van der Waals surface area contributed by atoms with E-state index in [-0.39, 0.29) is 11.5 Å². The summed E-state index contributed by atoms with van der Waals surface area (Å²) in [6.45, 7) is 9.21. The van der Waals surface area contributed by atoms with Crippen molar-refractivity contribution < 1.29 is 9.53 Å². The van der Waals surface area contributed by atoms with E-state index in [4.69, 9.17) is 4.74 Å². The first-order chi connectivity index (χ1) is 11.2. The lowest BCUT2D eigenvalue weighted by molar-refractivity contribution is -0.129. The number of rotatable bonds is 4. The van der Waals surface area contributed by atoms with Gasteiger partial charge in [0.1, 0.15) is 0 Å². The molecule has 1 aromatic heterocycles. The fourth-order valence-electron chi connectivity index (χ4n) is 4.09. The van der Waals surface area contributed by atoms with Gasteiger partial charge >= 0.3 is 0 Å². The maximum absolute atomic E-state index is 12.5. The van der Waals surface area contributed by atoms with Crippen molar-refractivity contribution in [3.05, 3.63) is 22.4 Å². The molecule has 0 saturated carbocycles. The molecule has 128 valence electrons. The fourth-order valence-corrected chi connectivity index (χ4v) is 4.72. The summed E-state index contributed by atoms with van der Waals surface area (Å²) in [5.41, 5.74) is 0.827. The summed E-state index contributed by atoms with van der Waals surface area (Å²) in [5.74, 6) is 0.178. The van der Waals surface area contributed by atoms with Crippen molar-refractivity contribution in [2.75, 3.05) is 32.8 Å². The van der Waals surface area contributed by atoms with E-state index in [0.717, 1.165) is 64.0 Å². The van der Waals surface area contributed by atoms with Crippen LogP contribution in [0.4, 0.5) is 0 Å². The maximum Gasteiger partial charge on any atom is 0.254 e. The Kier molecular flexibility index (Phi) is 5.39. The minimum Gasteiger partial charge on any atom is -0.375 e. The molecular formula is C18H28N2O2S. The number of thiophene rings is 1. The Labute approximate surface area is 143 Å². The molecule has 1 atom stereocenters. The summed E-state index contributed by atoms with van der Waals surface area (Å²) in [5, 5.41) is 3.91. The van der Waals surface area contributed by atoms with Crippen LogP contribution in [0.25, 0.3) is 0 Å². The van der Waals surface area contributed by atoms with Crippen LogP contribution in [0.15, 0.2) is 16.8 Å². The molecule has 0 N–H and O–H groups in total. The van der Waals surface area contributed by atoms with Crippen molar-refractivity contribution >= 4 is 17.2 Å². The van der Waals surface area contributed by atoms with Gasteiger partial charge in [0.2, 0.25) is 0 Å². The summed E-state index contributed by atoms with van der Waals surface area (Å²) in [4.78, 5) is 17.0. The normalized spacial score (nSPS) is 24.3. The van der Waals surface area contributed by atoms with E-state index in [1.54, 1.807) is 11.3 Å². The first kappa shape index (κ1) is 16.9. The number of likely N-dealkylation sites (tertiary alicyclic amines) is 1. The van der Waals surface area contributed by atoms with Crippen LogP contribution >= 0.6 is 11.3 Å². The zero-order valence-corrected chi connectivity index (χ0v) is 15.1. The van der Waals surface area contributed by atoms with Gasteiger partial charge in [-0.05, 0) is 50.2 Å². The fraction of sp³-hybridized carbons (Fsp3) is 0.722. The minimum absolute atomic E-state index is 0.00304. The van der Waals surface area contributed by atoms with Crippen LogP contribution in [0, 0.1) is 0 Å². The highest BCUT2D eigenvalue weighted by Crippen LogP contribution is 2.37. The van der Waals surface area contributed by atoms with Gasteiger partial charge in [-0.25, -0.2) is 0 Å². The van der Waals surface area contributed by atoms with Crippen LogP contribution < -0.4 is 0 Å². The standard InChI is InChI=1S/C18H28N2O2S/c1-3-19(4-2)16-5-11-22-18(13-16)7-9-20(10-8-18)17(21)15-6-12-23-14-15/h6,12,14,16H,3-5,7-11,13H2,1-2H3. The van der Waals surface area contributed by atoms with Crippen molar-refractivity contribution in [1.29, 1.82) is 0 Å². The third-order valence-electron chi connectivity index (χ3n) is 5.53. The molecule has 1 unspecified atom stereocenters. The topological polar surface area (TPSA) is 32.8 Å². The number of hydrogen-bond acceptors (Lipinski definition) is 4. The third-order valence-corrected chi connectivity index (χ3v) is 6.21. The molecule has 5 heteroatoms. The summed E-state index contributed by atoms with van der Waals surface area (Å²) < 4.78 is 6.23. The summed E-state index contributed by atoms with van der Waals surface area (Å²) in [6.07, 6.45) is 4.21. The number of nitrogens with zero attached hydrogens (tertiary/aromatic N) is 2. The lowest BCUT2D eigenvalue weighted by Crippen LogP contribution is -2.54. The average molecular weight is 337 g/mol. The highest BCUT2D eigenvalue weighted by molar-refractivity contribution is 7.08. The van der Waals surface area contributed by atoms with Gasteiger partial charge in [-0.2, -0.15) is 11.3 Å². The number of amides is 1. The van der Waals surface area contributed by atoms with Gasteiger partial charge in [-0.15, -0.1) is 0 Å². The Hall–Kier alpha value is -0.910. The maximum atomic E-state index is 12.5. The van der Waals surface area contributed by atoms with Gasteiger partial charge in [-0.3, -0.25) is 4.79 Å². The molecule has 2 aliphatic rings. The van der Waals surface area contributed by atoms with E-state index in [0.29, 0.717) is 6.04 Å². The molecule has 2 fully saturated rings. The average Bonchev–Trinajstić information content (AvgIpc) is 3.11. The van der Waals surface area contributed by atoms with Gasteiger partial charge in [0.25, 0.3) is 5.91 Å². The Morgan fingerprint density at radius 3 is 2.74 bits per heavy atom. The molecule has 3 heterocycles. The lowest BCUT2D eigenvalue weighted by Gasteiger charge is -2.48. The second-order valence-corrected chi connectivity index (χ2v) is 7.48. The highest BCUT2D eigenvalue weighted by atomic mass is 32.1. The first-order valence-corrected chi connectivity index (χ1v) is 9.81. The molecule has 1 amide bonds. The molecule has 0 radical (unpaired) electrons. The van der Waals surface area contributed by atoms with Crippen molar-refractivity contribution in [3.63, 3.8) is 0 Å². The molecule has 0 aromatic carbocycles. The van der Waals surface area contributed by atoms with Crippen LogP contribution in [0.1, 0.15) is 49.9 Å². The predicted molar refractivity (Wildman–Crippen MR) is 94.1 cm³/mol. The second-order valence-electron chi connectivity index (χ2n) is 6.70. The Bertz CT molecular complexity index is 505. The van der Waals surface area contributed by atoms with E-state index in [2.05, 4.69) is 18.7 Å². The zero-order chi connectivity index (χ0) is 16.3. The molecule has 2 aliphatic heterocycles. The molecule has 23 heavy (non-hydrogen) atoms. The van der Waals surface area contributed by atoms with Crippen LogP contribution in [0.2, 0.25) is 0 Å². The van der Waals surface area contributed by atoms with Gasteiger partial charge < -0.3 is 14.5 Å². The Morgan fingerprint density at radius 2 is 2.13 bits per heavy atom. The van der Waals surface area contributed by atoms with Crippen molar-refractivity contribution in [2.45, 2.75) is 51.2 Å². The molecular weight excluding hydrogens is 308 g/mol. The van der Waals surface area contributed by atoms with Gasteiger partial charge in [-0.1, -0.05) is 13.8 Å². The van der Waals surface area contributed by atoms with E-state index in [1.807, 2.05) is 21.7 Å². The summed E-state index contributed by atoms with van der Waals surface area (Å²) in [7, 11) is 0. The molecule has 0 bridgehead atoms. The van der Waals surface area contributed by atoms with E-state index < -0.39 is 0 Å². The predicted octanol–water partition coefficient (Wildman–Crippen LogP) is 3.24. The monoisotopic (exact) mass is 336 g/mol. The lowest BCUT2D eigenvalue weighted by atomic mass is 9.81. The molecule has 3 rings (SSSR count). The van der Waals surface area contributed by atoms with Gasteiger partial charge in [0.05, 0.1) is 11.2 Å². The molecule has 4 nitrogen and oxygen atoms in total. The second kappa shape index (κ2) is 7.32. The summed E-state index contributed by atoms with van der Waals surface area (Å²) >= 11 is 1.58. The van der Waals surface area contributed by atoms with Crippen LogP contribution in [-0.2, 0) is 4.74 Å². The minimum atomic E-state index is -0.00304. The van der Waals surface area contributed by atoms with Crippen LogP contribution in [-0.4, -0.2) is 60.1 Å². The van der Waals surface area contributed by atoms with E-state index in [9.17, 15) is 4.79 Å². The molecule has 2 saturated heterocycles. The zero-order valence-electron chi connectivity index (χ0n) is 14.3. The van der Waals surface area contributed by atoms with Crippen molar-refractivity contribution in [3.8, 4) is 0 Å². The van der Waals surface area contributed by atoms with E-state index >= 15 is 0 Å². The largest absolute Gasteiger partial charge is 0.375 e. The Morgan fingerprint density at radius 1 is 1.39 bits per heavy atom. The molecule has 1 spiro atoms. The van der Waals surface area contributed by atoms with Crippen molar-refractivity contribution in [2.24, 2.45) is 0 Å². The quantitative estimate of drug-likeness (QED) is 0.846. The SMILES string of the molecule is CCN(CC)C1CCOC2(CCN(C(=O)c3ccsc3)CC2)C1. The van der Waals surface area contributed by atoms with Gasteiger partial charge in [0.15, 0.2) is 0 Å². The van der Waals surface area contributed by atoms with Crippen molar-refractivity contribution in [1.82, 2.24) is 9.80 Å². The number of carbonyl (C=O) groups excluding carboxylic acids is 1. The Balaban J connectivity index is 1.60. The number of ether oxygens (including phenoxy) is 1. The number of carbonyl (C=O) groups is 1. The van der Waals surface area contributed by atoms with E-state index in [1.165, 1.54) is 0 Å². The molecule has 0 aliphatic carbocycles. The first-order valence-electron chi connectivity index (χ1n) is 8.87. The van der Waals surface area contributed by atoms with Gasteiger partial charge in [0, 0.05) is 31.1 Å². The van der Waals surface area contributed by atoms with Crippen LogP contribution in [0.3, 0.4) is 0 Å². The summed E-state index contributed by atoms with van der Waals surface area (Å²) in [6, 6.07) is 2.56. The smallest absolute Gasteiger partial charge is 0.254 e. The number of piperidine rings is 1. The third kappa shape index (κ3) is 3.62. The number of hydrogen-bond donors (Lipinski definition) is 0.